The molecule has 0 spiro atoms. The highest BCUT2D eigenvalue weighted by molar-refractivity contribution is 5.91. The van der Waals surface area contributed by atoms with E-state index in [0.29, 0.717) is 5.92 Å². The van der Waals surface area contributed by atoms with Crippen LogP contribution < -0.4 is 0 Å². The first kappa shape index (κ1) is 8.72. The Labute approximate surface area is 90.2 Å². The van der Waals surface area contributed by atoms with Gasteiger partial charge < -0.3 is 0 Å². The molecule has 1 aliphatic carbocycles. The zero-order valence-electron chi connectivity index (χ0n) is 8.74. The van der Waals surface area contributed by atoms with Gasteiger partial charge in [-0.25, -0.2) is 0 Å². The van der Waals surface area contributed by atoms with Crippen LogP contribution in [0.25, 0.3) is 10.8 Å². The van der Waals surface area contributed by atoms with Crippen molar-refractivity contribution in [2.24, 2.45) is 0 Å². The van der Waals surface area contributed by atoms with Crippen molar-refractivity contribution < 1.29 is 0 Å². The van der Waals surface area contributed by atoms with Gasteiger partial charge in [0.1, 0.15) is 0 Å². The van der Waals surface area contributed by atoms with Crippen molar-refractivity contribution in [2.45, 2.75) is 18.8 Å². The zero-order valence-corrected chi connectivity index (χ0v) is 8.74. The van der Waals surface area contributed by atoms with Crippen molar-refractivity contribution in [1.82, 2.24) is 0 Å². The Balaban J connectivity index is 2.26. The number of allylic oxidation sites excluding steroid dienone is 1. The molecule has 15 heavy (non-hydrogen) atoms. The smallest absolute Gasteiger partial charge is 0.00806 e. The molecule has 1 atom stereocenters. The standard InChI is InChI=1S/C15H14/c1-2-5-12-10-13-8-3-6-11-7-4-9-14(12)15(11)13/h2-4,6-9,12H,1,5,10H2. The molecule has 0 radical (unpaired) electrons. The molecule has 0 aromatic heterocycles. The molecule has 74 valence electrons. The molecule has 1 aliphatic rings. The summed E-state index contributed by atoms with van der Waals surface area (Å²) in [6.45, 7) is 3.85. The highest BCUT2D eigenvalue weighted by Gasteiger charge is 2.22. The Morgan fingerprint density at radius 3 is 2.80 bits per heavy atom. The second kappa shape index (κ2) is 3.23. The molecule has 2 aromatic carbocycles. The van der Waals surface area contributed by atoms with Gasteiger partial charge in [-0.15, -0.1) is 6.58 Å². The van der Waals surface area contributed by atoms with Crippen LogP contribution in [0.15, 0.2) is 49.1 Å². The normalized spacial score (nSPS) is 18.3. The van der Waals surface area contributed by atoms with Crippen molar-refractivity contribution in [3.63, 3.8) is 0 Å². The predicted molar refractivity (Wildman–Crippen MR) is 65.2 cm³/mol. The second-order valence-corrected chi connectivity index (χ2v) is 4.29. The van der Waals surface area contributed by atoms with Crippen molar-refractivity contribution >= 4 is 10.8 Å². The van der Waals surface area contributed by atoms with Gasteiger partial charge in [-0.05, 0) is 40.7 Å². The van der Waals surface area contributed by atoms with Gasteiger partial charge in [-0.1, -0.05) is 42.5 Å². The Hall–Kier alpha value is -1.56. The first-order valence-corrected chi connectivity index (χ1v) is 5.51. The molecule has 0 fully saturated rings. The summed E-state index contributed by atoms with van der Waals surface area (Å²) in [4.78, 5) is 0. The fourth-order valence-corrected chi connectivity index (χ4v) is 2.75. The molecule has 1 unspecified atom stereocenters. The van der Waals surface area contributed by atoms with Gasteiger partial charge in [0.15, 0.2) is 0 Å². The third-order valence-corrected chi connectivity index (χ3v) is 3.38. The summed E-state index contributed by atoms with van der Waals surface area (Å²) in [7, 11) is 0. The summed E-state index contributed by atoms with van der Waals surface area (Å²) < 4.78 is 0. The van der Waals surface area contributed by atoms with Gasteiger partial charge in [0, 0.05) is 0 Å². The first-order valence-electron chi connectivity index (χ1n) is 5.51. The molecule has 0 heteroatoms. The molecule has 0 saturated heterocycles. The van der Waals surface area contributed by atoms with Crippen LogP contribution >= 0.6 is 0 Å². The second-order valence-electron chi connectivity index (χ2n) is 4.29. The van der Waals surface area contributed by atoms with Gasteiger partial charge in [0.2, 0.25) is 0 Å². The van der Waals surface area contributed by atoms with E-state index in [4.69, 9.17) is 0 Å². The fraction of sp³-hybridized carbons (Fsp3) is 0.200. The third kappa shape index (κ3) is 1.21. The SMILES string of the molecule is C=CCC1Cc2cccc3cccc1c23. The topological polar surface area (TPSA) is 0 Å². The maximum Gasteiger partial charge on any atom is -0.00806 e. The van der Waals surface area contributed by atoms with E-state index in [9.17, 15) is 0 Å². The average Bonchev–Trinajstić information content (AvgIpc) is 2.61. The van der Waals surface area contributed by atoms with Gasteiger partial charge in [0.05, 0.1) is 0 Å². The quantitative estimate of drug-likeness (QED) is 0.632. The van der Waals surface area contributed by atoms with Crippen LogP contribution in [0.3, 0.4) is 0 Å². The molecule has 0 nitrogen and oxygen atoms in total. The lowest BCUT2D eigenvalue weighted by Gasteiger charge is -2.07. The van der Waals surface area contributed by atoms with E-state index >= 15 is 0 Å². The lowest BCUT2D eigenvalue weighted by Crippen LogP contribution is -1.93. The van der Waals surface area contributed by atoms with Gasteiger partial charge >= 0.3 is 0 Å². The summed E-state index contributed by atoms with van der Waals surface area (Å²) in [5.74, 6) is 0.656. The number of benzene rings is 2. The van der Waals surface area contributed by atoms with Crippen LogP contribution in [0.4, 0.5) is 0 Å². The molecule has 0 N–H and O–H groups in total. The van der Waals surface area contributed by atoms with Crippen LogP contribution in [0.1, 0.15) is 23.5 Å². The summed E-state index contributed by atoms with van der Waals surface area (Å²) in [6.07, 6.45) is 4.31. The largest absolute Gasteiger partial charge is 0.103 e. The van der Waals surface area contributed by atoms with Crippen LogP contribution in [0.5, 0.6) is 0 Å². The Bertz CT molecular complexity index is 517. The summed E-state index contributed by atoms with van der Waals surface area (Å²) in [6, 6.07) is 13.3. The molecule has 2 aromatic rings. The maximum absolute atomic E-state index is 3.85. The van der Waals surface area contributed by atoms with E-state index in [2.05, 4.69) is 43.0 Å². The number of hydrogen-bond donors (Lipinski definition) is 0. The molecular weight excluding hydrogens is 180 g/mol. The minimum absolute atomic E-state index is 0.656. The number of rotatable bonds is 2. The third-order valence-electron chi connectivity index (χ3n) is 3.38. The lowest BCUT2D eigenvalue weighted by atomic mass is 9.97. The minimum atomic E-state index is 0.656. The van der Waals surface area contributed by atoms with Crippen molar-refractivity contribution in [3.05, 3.63) is 60.2 Å². The predicted octanol–water partition coefficient (Wildman–Crippen LogP) is 4.06. The summed E-state index contributed by atoms with van der Waals surface area (Å²) in [5.41, 5.74) is 3.03. The monoisotopic (exact) mass is 194 g/mol. The number of hydrogen-bond acceptors (Lipinski definition) is 0. The lowest BCUT2D eigenvalue weighted by molar-refractivity contribution is 0.727. The molecular formula is C15H14. The minimum Gasteiger partial charge on any atom is -0.103 e. The molecule has 0 amide bonds. The maximum atomic E-state index is 3.85. The van der Waals surface area contributed by atoms with Crippen LogP contribution in [0.2, 0.25) is 0 Å². The highest BCUT2D eigenvalue weighted by atomic mass is 14.3. The average molecular weight is 194 g/mol. The molecule has 3 rings (SSSR count). The molecule has 0 heterocycles. The zero-order chi connectivity index (χ0) is 10.3. The molecule has 0 bridgehead atoms. The van der Waals surface area contributed by atoms with Gasteiger partial charge in [0.25, 0.3) is 0 Å². The van der Waals surface area contributed by atoms with Crippen LogP contribution in [-0.2, 0) is 6.42 Å². The van der Waals surface area contributed by atoms with Gasteiger partial charge in [-0.2, -0.15) is 0 Å². The Morgan fingerprint density at radius 1 is 1.20 bits per heavy atom. The Morgan fingerprint density at radius 2 is 2.00 bits per heavy atom. The van der Waals surface area contributed by atoms with E-state index in [0.717, 1.165) is 6.42 Å². The van der Waals surface area contributed by atoms with E-state index in [-0.39, 0.29) is 0 Å². The summed E-state index contributed by atoms with van der Waals surface area (Å²) >= 11 is 0. The first-order chi connectivity index (χ1) is 7.40. The summed E-state index contributed by atoms with van der Waals surface area (Å²) in [5, 5.41) is 2.88. The highest BCUT2D eigenvalue weighted by Crippen LogP contribution is 2.39. The molecule has 0 aliphatic heterocycles. The van der Waals surface area contributed by atoms with Crippen molar-refractivity contribution in [3.8, 4) is 0 Å². The van der Waals surface area contributed by atoms with E-state index in [1.807, 2.05) is 6.08 Å². The van der Waals surface area contributed by atoms with Crippen LogP contribution in [-0.4, -0.2) is 0 Å². The fourth-order valence-electron chi connectivity index (χ4n) is 2.75. The van der Waals surface area contributed by atoms with Crippen LogP contribution in [0, 0.1) is 0 Å². The Kier molecular flexibility index (Phi) is 1.88. The molecule has 0 saturated carbocycles. The van der Waals surface area contributed by atoms with E-state index in [1.54, 1.807) is 0 Å². The van der Waals surface area contributed by atoms with Gasteiger partial charge in [-0.3, -0.25) is 0 Å². The van der Waals surface area contributed by atoms with Crippen molar-refractivity contribution in [1.29, 1.82) is 0 Å². The van der Waals surface area contributed by atoms with E-state index in [1.165, 1.54) is 28.3 Å². The van der Waals surface area contributed by atoms with Crippen molar-refractivity contribution in [2.75, 3.05) is 0 Å². The van der Waals surface area contributed by atoms with E-state index < -0.39 is 0 Å².